The first-order chi connectivity index (χ1) is 7.14. The Morgan fingerprint density at radius 2 is 1.87 bits per heavy atom. The first-order valence-corrected chi connectivity index (χ1v) is 5.91. The minimum absolute atomic E-state index is 0.342. The minimum Gasteiger partial charge on any atom is -0.481 e. The second-order valence-corrected chi connectivity index (χ2v) is 5.76. The second-order valence-electron chi connectivity index (χ2n) is 5.76. The van der Waals surface area contributed by atoms with Gasteiger partial charge in [-0.25, -0.2) is 0 Å². The van der Waals surface area contributed by atoms with Crippen molar-refractivity contribution in [1.82, 2.24) is 0 Å². The van der Waals surface area contributed by atoms with E-state index >= 15 is 0 Å². The van der Waals surface area contributed by atoms with Crippen LogP contribution in [-0.2, 0) is 9.53 Å². The Morgan fingerprint density at radius 1 is 1.27 bits per heavy atom. The van der Waals surface area contributed by atoms with Gasteiger partial charge in [0, 0.05) is 7.11 Å². The molecule has 4 rings (SSSR count). The van der Waals surface area contributed by atoms with Gasteiger partial charge in [0.05, 0.1) is 11.5 Å². The molecule has 0 saturated heterocycles. The van der Waals surface area contributed by atoms with E-state index in [0.717, 1.165) is 19.3 Å². The fourth-order valence-electron chi connectivity index (χ4n) is 4.62. The highest BCUT2D eigenvalue weighted by atomic mass is 16.5. The maximum atomic E-state index is 11.4. The molecule has 0 aromatic rings. The predicted octanol–water partition coefficient (Wildman–Crippen LogP) is 1.91. The van der Waals surface area contributed by atoms with E-state index in [9.17, 15) is 9.90 Å². The molecule has 84 valence electrons. The normalized spacial score (nSPS) is 52.1. The van der Waals surface area contributed by atoms with Gasteiger partial charge in [0.25, 0.3) is 0 Å². The van der Waals surface area contributed by atoms with E-state index in [-0.39, 0.29) is 5.41 Å². The van der Waals surface area contributed by atoms with Crippen molar-refractivity contribution in [2.45, 2.75) is 38.2 Å². The molecule has 0 unspecified atom stereocenters. The average molecular weight is 210 g/mol. The van der Waals surface area contributed by atoms with E-state index < -0.39 is 5.97 Å². The highest BCUT2D eigenvalue weighted by Crippen LogP contribution is 2.60. The molecule has 0 aromatic heterocycles. The van der Waals surface area contributed by atoms with E-state index in [1.807, 2.05) is 0 Å². The number of rotatable bonds is 2. The third-order valence-electron chi connectivity index (χ3n) is 4.91. The summed E-state index contributed by atoms with van der Waals surface area (Å²) in [6.45, 7) is 0. The lowest BCUT2D eigenvalue weighted by Crippen LogP contribution is -2.56. The molecular formula is C12H18O3. The monoisotopic (exact) mass is 210 g/mol. The standard InChI is InChI=1S/C12H18O3/c1-15-10-8-2-7-3-9(10)6-12(4-7,5-8)11(13)14/h7-10H,2-6H2,1H3,(H,13,14)/t7?,8-,9-,10?,12?/m1/s1. The van der Waals surface area contributed by atoms with Gasteiger partial charge in [-0.2, -0.15) is 0 Å². The molecule has 0 spiro atoms. The second kappa shape index (κ2) is 2.97. The maximum Gasteiger partial charge on any atom is 0.309 e. The number of methoxy groups -OCH3 is 1. The van der Waals surface area contributed by atoms with Crippen molar-refractivity contribution in [2.75, 3.05) is 7.11 Å². The molecule has 4 saturated carbocycles. The zero-order valence-corrected chi connectivity index (χ0v) is 9.11. The Balaban J connectivity index is 1.92. The van der Waals surface area contributed by atoms with Gasteiger partial charge >= 0.3 is 5.97 Å². The van der Waals surface area contributed by atoms with Gasteiger partial charge in [0.1, 0.15) is 0 Å². The topological polar surface area (TPSA) is 46.5 Å². The van der Waals surface area contributed by atoms with Crippen molar-refractivity contribution in [3.05, 3.63) is 0 Å². The van der Waals surface area contributed by atoms with Crippen LogP contribution in [0, 0.1) is 23.2 Å². The molecule has 0 radical (unpaired) electrons. The number of hydrogen-bond acceptors (Lipinski definition) is 2. The molecule has 0 aromatic carbocycles. The van der Waals surface area contributed by atoms with Crippen molar-refractivity contribution < 1.29 is 14.6 Å². The van der Waals surface area contributed by atoms with Gasteiger partial charge in [-0.1, -0.05) is 0 Å². The van der Waals surface area contributed by atoms with E-state index in [0.29, 0.717) is 23.9 Å². The number of carbonyl (C=O) groups is 1. The van der Waals surface area contributed by atoms with Gasteiger partial charge < -0.3 is 9.84 Å². The van der Waals surface area contributed by atoms with Crippen molar-refractivity contribution in [3.8, 4) is 0 Å². The fourth-order valence-corrected chi connectivity index (χ4v) is 4.62. The highest BCUT2D eigenvalue weighted by Gasteiger charge is 2.58. The Hall–Kier alpha value is -0.570. The summed E-state index contributed by atoms with van der Waals surface area (Å²) in [5.74, 6) is 1.12. The molecule has 3 nitrogen and oxygen atoms in total. The van der Waals surface area contributed by atoms with Crippen molar-refractivity contribution >= 4 is 5.97 Å². The SMILES string of the molecule is COC1[C@@H]2CC3C[C@@H]1CC(C(=O)O)(C3)C2. The summed E-state index contributed by atoms with van der Waals surface area (Å²) in [7, 11) is 1.78. The van der Waals surface area contributed by atoms with Crippen molar-refractivity contribution in [1.29, 1.82) is 0 Å². The molecule has 0 aliphatic heterocycles. The predicted molar refractivity (Wildman–Crippen MR) is 54.4 cm³/mol. The van der Waals surface area contributed by atoms with Crippen LogP contribution in [0.25, 0.3) is 0 Å². The van der Waals surface area contributed by atoms with Crippen LogP contribution in [0.4, 0.5) is 0 Å². The minimum atomic E-state index is -0.559. The summed E-state index contributed by atoms with van der Waals surface area (Å²) in [4.78, 5) is 11.4. The zero-order chi connectivity index (χ0) is 10.6. The molecule has 1 N–H and O–H groups in total. The van der Waals surface area contributed by atoms with Crippen LogP contribution < -0.4 is 0 Å². The first-order valence-electron chi connectivity index (χ1n) is 5.91. The third-order valence-corrected chi connectivity index (χ3v) is 4.91. The van der Waals surface area contributed by atoms with E-state index in [1.54, 1.807) is 7.11 Å². The fraction of sp³-hybridized carbons (Fsp3) is 0.917. The number of carboxylic acid groups (broad SMARTS) is 1. The lowest BCUT2D eigenvalue weighted by molar-refractivity contribution is -0.182. The molecule has 15 heavy (non-hydrogen) atoms. The highest BCUT2D eigenvalue weighted by molar-refractivity contribution is 5.75. The molecule has 4 fully saturated rings. The molecule has 0 heterocycles. The third kappa shape index (κ3) is 1.19. The molecule has 4 bridgehead atoms. The molecule has 4 aliphatic carbocycles. The average Bonchev–Trinajstić information content (AvgIpc) is 2.16. The smallest absolute Gasteiger partial charge is 0.309 e. The summed E-state index contributed by atoms with van der Waals surface area (Å²) in [6.07, 6.45) is 5.37. The molecular weight excluding hydrogens is 192 g/mol. The van der Waals surface area contributed by atoms with Gasteiger partial charge in [0.2, 0.25) is 0 Å². The van der Waals surface area contributed by atoms with Crippen molar-refractivity contribution in [2.24, 2.45) is 23.2 Å². The molecule has 4 aliphatic rings. The number of carboxylic acids is 1. The summed E-state index contributed by atoms with van der Waals surface area (Å²) >= 11 is 0. The Labute approximate surface area is 89.8 Å². The Kier molecular flexibility index (Phi) is 1.91. The van der Waals surface area contributed by atoms with Crippen LogP contribution in [-0.4, -0.2) is 24.3 Å². The molecule has 0 amide bonds. The number of ether oxygens (including phenoxy) is 1. The van der Waals surface area contributed by atoms with Gasteiger partial charge in [-0.15, -0.1) is 0 Å². The van der Waals surface area contributed by atoms with Gasteiger partial charge in [-0.3, -0.25) is 4.79 Å². The van der Waals surface area contributed by atoms with Gasteiger partial charge in [-0.05, 0) is 49.9 Å². The van der Waals surface area contributed by atoms with Crippen LogP contribution in [0.3, 0.4) is 0 Å². The van der Waals surface area contributed by atoms with E-state index in [2.05, 4.69) is 0 Å². The van der Waals surface area contributed by atoms with Crippen LogP contribution in [0.15, 0.2) is 0 Å². The van der Waals surface area contributed by atoms with Crippen LogP contribution in [0.5, 0.6) is 0 Å². The van der Waals surface area contributed by atoms with Crippen LogP contribution >= 0.6 is 0 Å². The van der Waals surface area contributed by atoms with Crippen LogP contribution in [0.1, 0.15) is 32.1 Å². The summed E-state index contributed by atoms with van der Waals surface area (Å²) in [5.41, 5.74) is -0.383. The Morgan fingerprint density at radius 3 is 2.33 bits per heavy atom. The summed E-state index contributed by atoms with van der Waals surface area (Å²) in [5, 5.41) is 9.40. The quantitative estimate of drug-likeness (QED) is 0.757. The lowest BCUT2D eigenvalue weighted by atomic mass is 9.48. The number of hydrogen-bond donors (Lipinski definition) is 1. The molecule has 2 atom stereocenters. The first kappa shape index (κ1) is 9.64. The largest absolute Gasteiger partial charge is 0.481 e. The zero-order valence-electron chi connectivity index (χ0n) is 9.11. The maximum absolute atomic E-state index is 11.4. The lowest BCUT2D eigenvalue weighted by Gasteiger charge is -2.57. The van der Waals surface area contributed by atoms with Crippen LogP contribution in [0.2, 0.25) is 0 Å². The Bertz CT molecular complexity index is 283. The van der Waals surface area contributed by atoms with Gasteiger partial charge in [0.15, 0.2) is 0 Å². The van der Waals surface area contributed by atoms with Crippen molar-refractivity contribution in [3.63, 3.8) is 0 Å². The van der Waals surface area contributed by atoms with E-state index in [4.69, 9.17) is 4.74 Å². The van der Waals surface area contributed by atoms with E-state index in [1.165, 1.54) is 12.8 Å². The summed E-state index contributed by atoms with van der Waals surface area (Å²) in [6, 6.07) is 0. The summed E-state index contributed by atoms with van der Waals surface area (Å²) < 4.78 is 5.56. The number of aliphatic carboxylic acids is 1. The molecule has 3 heteroatoms.